The summed E-state index contributed by atoms with van der Waals surface area (Å²) in [5.41, 5.74) is -0.298. The molecule has 0 aliphatic heterocycles. The van der Waals surface area contributed by atoms with Crippen molar-refractivity contribution in [2.24, 2.45) is 0 Å². The summed E-state index contributed by atoms with van der Waals surface area (Å²) in [6, 6.07) is 0. The second-order valence-corrected chi connectivity index (χ2v) is 5.81. The van der Waals surface area contributed by atoms with Crippen molar-refractivity contribution in [1.82, 2.24) is 15.6 Å². The minimum Gasteiger partial charge on any atom is -0.352 e. The molecule has 2 amide bonds. The summed E-state index contributed by atoms with van der Waals surface area (Å²) in [5.74, 6) is -0.306. The van der Waals surface area contributed by atoms with Crippen molar-refractivity contribution < 1.29 is 9.59 Å². The topological polar surface area (TPSA) is 71.1 Å². The number of hydrogen-bond acceptors (Lipinski definition) is 4. The summed E-state index contributed by atoms with van der Waals surface area (Å²) < 4.78 is 0. The van der Waals surface area contributed by atoms with E-state index in [1.807, 2.05) is 5.38 Å². The Balaban J connectivity index is 1.91. The molecule has 1 aliphatic carbocycles. The summed E-state index contributed by atoms with van der Waals surface area (Å²) in [4.78, 5) is 27.4. The first-order valence-electron chi connectivity index (χ1n) is 6.77. The lowest BCUT2D eigenvalue weighted by molar-refractivity contribution is -0.123. The maximum atomic E-state index is 12.1. The normalized spacial score (nSPS) is 16.6. The summed E-state index contributed by atoms with van der Waals surface area (Å²) in [5, 5.41) is 8.64. The zero-order chi connectivity index (χ0) is 14.4. The molecule has 0 bridgehead atoms. The Morgan fingerprint density at radius 3 is 2.80 bits per heavy atom. The van der Waals surface area contributed by atoms with E-state index in [-0.39, 0.29) is 23.8 Å². The van der Waals surface area contributed by atoms with Crippen LogP contribution in [0.15, 0.2) is 24.2 Å². The highest BCUT2D eigenvalue weighted by Gasteiger charge is 2.38. The quantitative estimate of drug-likeness (QED) is 0.785. The molecule has 1 saturated carbocycles. The number of thiazole rings is 1. The number of carbonyl (C=O) groups excluding carboxylic acids is 2. The van der Waals surface area contributed by atoms with Gasteiger partial charge in [0.15, 0.2) is 0 Å². The highest BCUT2D eigenvalue weighted by atomic mass is 32.1. The van der Waals surface area contributed by atoms with Crippen LogP contribution in [-0.2, 0) is 15.1 Å². The van der Waals surface area contributed by atoms with Gasteiger partial charge in [-0.05, 0) is 18.9 Å². The molecule has 0 spiro atoms. The van der Waals surface area contributed by atoms with E-state index in [0.717, 1.165) is 30.7 Å². The number of aromatic nitrogens is 1. The molecule has 1 aromatic rings. The first-order chi connectivity index (χ1) is 9.66. The van der Waals surface area contributed by atoms with Crippen LogP contribution in [0.5, 0.6) is 0 Å². The zero-order valence-corrected chi connectivity index (χ0v) is 12.2. The molecule has 1 heterocycles. The third kappa shape index (κ3) is 3.45. The Kier molecular flexibility index (Phi) is 4.89. The molecular formula is C14H19N3O2S. The van der Waals surface area contributed by atoms with E-state index in [1.54, 1.807) is 17.5 Å². The van der Waals surface area contributed by atoms with Gasteiger partial charge in [0.05, 0.1) is 5.54 Å². The lowest BCUT2D eigenvalue weighted by Crippen LogP contribution is -2.44. The minimum absolute atomic E-state index is 0.0496. The molecular weight excluding hydrogens is 274 g/mol. The van der Waals surface area contributed by atoms with E-state index in [9.17, 15) is 9.59 Å². The number of rotatable bonds is 6. The van der Waals surface area contributed by atoms with E-state index in [1.165, 1.54) is 6.08 Å². The molecule has 1 aromatic heterocycles. The Hall–Kier alpha value is -1.69. The molecule has 6 heteroatoms. The molecule has 2 N–H and O–H groups in total. The summed E-state index contributed by atoms with van der Waals surface area (Å²) >= 11 is 1.58. The van der Waals surface area contributed by atoms with Crippen molar-refractivity contribution in [1.29, 1.82) is 0 Å². The lowest BCUT2D eigenvalue weighted by Gasteiger charge is -2.28. The molecule has 1 fully saturated rings. The lowest BCUT2D eigenvalue weighted by atomic mass is 9.98. The van der Waals surface area contributed by atoms with Gasteiger partial charge in [0.2, 0.25) is 11.8 Å². The van der Waals surface area contributed by atoms with Gasteiger partial charge in [-0.25, -0.2) is 4.98 Å². The highest BCUT2D eigenvalue weighted by Crippen LogP contribution is 2.39. The second-order valence-electron chi connectivity index (χ2n) is 4.92. The van der Waals surface area contributed by atoms with E-state index in [2.05, 4.69) is 22.2 Å². The van der Waals surface area contributed by atoms with Crippen molar-refractivity contribution in [3.05, 3.63) is 29.2 Å². The first kappa shape index (κ1) is 14.7. The minimum atomic E-state index is -0.298. The van der Waals surface area contributed by atoms with E-state index in [4.69, 9.17) is 0 Å². The summed E-state index contributed by atoms with van der Waals surface area (Å²) in [6.45, 7) is 3.69. The van der Waals surface area contributed by atoms with Crippen molar-refractivity contribution in [3.63, 3.8) is 0 Å². The van der Waals surface area contributed by atoms with Gasteiger partial charge in [-0.15, -0.1) is 11.3 Å². The average Bonchev–Trinajstić information content (AvgIpc) is 3.09. The summed E-state index contributed by atoms with van der Waals surface area (Å²) in [7, 11) is 0. The highest BCUT2D eigenvalue weighted by molar-refractivity contribution is 7.09. The van der Waals surface area contributed by atoms with Crippen LogP contribution in [0.2, 0.25) is 0 Å². The fourth-order valence-corrected chi connectivity index (χ4v) is 3.38. The van der Waals surface area contributed by atoms with Gasteiger partial charge in [0, 0.05) is 24.5 Å². The average molecular weight is 293 g/mol. The van der Waals surface area contributed by atoms with Crippen LogP contribution in [0.25, 0.3) is 0 Å². The molecule has 0 atom stereocenters. The molecule has 20 heavy (non-hydrogen) atoms. The number of carbonyl (C=O) groups is 2. The van der Waals surface area contributed by atoms with Crippen LogP contribution in [0.4, 0.5) is 0 Å². The number of amides is 2. The standard InChI is InChI=1S/C14H19N3O2S/c1-2-11(18)15-8-5-12(19)17-14(6-3-4-7-14)13-16-9-10-20-13/h2,9-10H,1,3-8H2,(H,15,18)(H,17,19). The van der Waals surface area contributed by atoms with Crippen molar-refractivity contribution in [2.75, 3.05) is 6.54 Å². The predicted octanol–water partition coefficient (Wildman–Crippen LogP) is 1.72. The predicted molar refractivity (Wildman–Crippen MR) is 78.2 cm³/mol. The second kappa shape index (κ2) is 6.65. The van der Waals surface area contributed by atoms with Gasteiger partial charge in [-0.1, -0.05) is 19.4 Å². The largest absolute Gasteiger partial charge is 0.352 e. The third-order valence-electron chi connectivity index (χ3n) is 3.51. The van der Waals surface area contributed by atoms with Crippen LogP contribution < -0.4 is 10.6 Å². The van der Waals surface area contributed by atoms with Gasteiger partial charge in [-0.2, -0.15) is 0 Å². The fraction of sp³-hybridized carbons (Fsp3) is 0.500. The Morgan fingerprint density at radius 1 is 1.45 bits per heavy atom. The number of nitrogens with one attached hydrogen (secondary N) is 2. The number of hydrogen-bond donors (Lipinski definition) is 2. The fourth-order valence-electron chi connectivity index (χ4n) is 2.53. The van der Waals surface area contributed by atoms with Crippen LogP contribution in [-0.4, -0.2) is 23.3 Å². The van der Waals surface area contributed by atoms with E-state index < -0.39 is 0 Å². The van der Waals surface area contributed by atoms with Crippen LogP contribution >= 0.6 is 11.3 Å². The summed E-state index contributed by atoms with van der Waals surface area (Å²) in [6.07, 6.45) is 7.33. The van der Waals surface area contributed by atoms with Gasteiger partial charge in [0.1, 0.15) is 5.01 Å². The molecule has 0 radical (unpaired) electrons. The molecule has 0 aromatic carbocycles. The van der Waals surface area contributed by atoms with E-state index in [0.29, 0.717) is 6.54 Å². The third-order valence-corrected chi connectivity index (χ3v) is 4.49. The maximum absolute atomic E-state index is 12.1. The van der Waals surface area contributed by atoms with Crippen LogP contribution in [0.1, 0.15) is 37.1 Å². The zero-order valence-electron chi connectivity index (χ0n) is 11.4. The smallest absolute Gasteiger partial charge is 0.243 e. The van der Waals surface area contributed by atoms with Crippen molar-refractivity contribution >= 4 is 23.2 Å². The molecule has 0 unspecified atom stereocenters. The van der Waals surface area contributed by atoms with Crippen LogP contribution in [0, 0.1) is 0 Å². The SMILES string of the molecule is C=CC(=O)NCCC(=O)NC1(c2nccs2)CCCC1. The van der Waals surface area contributed by atoms with Gasteiger partial charge in [-0.3, -0.25) is 9.59 Å². The Morgan fingerprint density at radius 2 is 2.20 bits per heavy atom. The van der Waals surface area contributed by atoms with Gasteiger partial charge < -0.3 is 10.6 Å². The molecule has 5 nitrogen and oxygen atoms in total. The monoisotopic (exact) mass is 293 g/mol. The number of nitrogens with zero attached hydrogens (tertiary/aromatic N) is 1. The molecule has 2 rings (SSSR count). The van der Waals surface area contributed by atoms with Gasteiger partial charge >= 0.3 is 0 Å². The molecule has 108 valence electrons. The van der Waals surface area contributed by atoms with Crippen LogP contribution in [0.3, 0.4) is 0 Å². The van der Waals surface area contributed by atoms with Crippen molar-refractivity contribution in [3.8, 4) is 0 Å². The van der Waals surface area contributed by atoms with Crippen molar-refractivity contribution in [2.45, 2.75) is 37.6 Å². The molecule has 0 saturated heterocycles. The van der Waals surface area contributed by atoms with Gasteiger partial charge in [0.25, 0.3) is 0 Å². The maximum Gasteiger partial charge on any atom is 0.243 e. The Bertz CT molecular complexity index is 479. The molecule has 1 aliphatic rings. The Labute approximate surface area is 122 Å². The van der Waals surface area contributed by atoms with E-state index >= 15 is 0 Å². The first-order valence-corrected chi connectivity index (χ1v) is 7.65.